The van der Waals surface area contributed by atoms with Crippen molar-refractivity contribution in [3.8, 4) is 5.75 Å². The maximum Gasteiger partial charge on any atom is 0.271 e. The second kappa shape index (κ2) is 11.1. The van der Waals surface area contributed by atoms with E-state index in [1.54, 1.807) is 26.0 Å². The standard InChI is InChI=1S/C25H27N3O6S/c1-18-9-12-23(34-3)24(15-18)35(32,33)27(14-13-20-7-5-4-6-8-20)17-25(29)26-22-16-21(28(30)31)11-10-19(22)2/h4-12,15-16H,13-14,17H2,1-3H3,(H,26,29). The van der Waals surface area contributed by atoms with E-state index >= 15 is 0 Å². The first-order valence-electron chi connectivity index (χ1n) is 10.9. The highest BCUT2D eigenvalue weighted by Crippen LogP contribution is 2.28. The van der Waals surface area contributed by atoms with Crippen LogP contribution >= 0.6 is 0 Å². The monoisotopic (exact) mass is 497 g/mol. The number of ether oxygens (including phenoxy) is 1. The highest BCUT2D eigenvalue weighted by molar-refractivity contribution is 7.89. The number of carbonyl (C=O) groups excluding carboxylic acids is 1. The fraction of sp³-hybridized carbons (Fsp3) is 0.240. The number of rotatable bonds is 10. The Morgan fingerprint density at radius 3 is 2.43 bits per heavy atom. The third kappa shape index (κ3) is 6.43. The lowest BCUT2D eigenvalue weighted by atomic mass is 10.1. The first-order chi connectivity index (χ1) is 16.6. The quantitative estimate of drug-likeness (QED) is 0.333. The molecule has 10 heteroatoms. The normalized spacial score (nSPS) is 11.3. The van der Waals surface area contributed by atoms with Crippen molar-refractivity contribution in [2.24, 2.45) is 0 Å². The molecule has 0 atom stereocenters. The van der Waals surface area contributed by atoms with Crippen LogP contribution in [-0.2, 0) is 21.2 Å². The second-order valence-electron chi connectivity index (χ2n) is 8.03. The molecule has 0 bridgehead atoms. The Bertz CT molecular complexity index is 1330. The average molecular weight is 498 g/mol. The number of carbonyl (C=O) groups is 1. The molecule has 0 spiro atoms. The molecule has 3 rings (SSSR count). The molecule has 9 nitrogen and oxygen atoms in total. The minimum absolute atomic E-state index is 0.0348. The number of sulfonamides is 1. The van der Waals surface area contributed by atoms with E-state index in [0.29, 0.717) is 12.0 Å². The summed E-state index contributed by atoms with van der Waals surface area (Å²) in [6, 6.07) is 18.3. The number of amides is 1. The van der Waals surface area contributed by atoms with Gasteiger partial charge >= 0.3 is 0 Å². The predicted octanol–water partition coefficient (Wildman–Crippen LogP) is 4.09. The number of non-ortho nitro benzene ring substituents is 1. The maximum atomic E-state index is 13.7. The second-order valence-corrected chi connectivity index (χ2v) is 9.94. The Balaban J connectivity index is 1.91. The van der Waals surface area contributed by atoms with Crippen molar-refractivity contribution in [3.05, 3.63) is 93.5 Å². The largest absolute Gasteiger partial charge is 0.495 e. The van der Waals surface area contributed by atoms with Crippen molar-refractivity contribution in [1.29, 1.82) is 0 Å². The summed E-state index contributed by atoms with van der Waals surface area (Å²) in [5, 5.41) is 13.7. The molecule has 3 aromatic rings. The molecule has 0 heterocycles. The van der Waals surface area contributed by atoms with Crippen molar-refractivity contribution < 1.29 is 22.9 Å². The zero-order valence-electron chi connectivity index (χ0n) is 19.7. The first kappa shape index (κ1) is 25.9. The fourth-order valence-electron chi connectivity index (χ4n) is 3.52. The van der Waals surface area contributed by atoms with Gasteiger partial charge in [0.2, 0.25) is 15.9 Å². The van der Waals surface area contributed by atoms with Gasteiger partial charge in [0.05, 0.1) is 24.3 Å². The lowest BCUT2D eigenvalue weighted by molar-refractivity contribution is -0.384. The van der Waals surface area contributed by atoms with Gasteiger partial charge in [-0.1, -0.05) is 42.5 Å². The molecule has 1 N–H and O–H groups in total. The number of nitrogens with one attached hydrogen (secondary N) is 1. The molecular weight excluding hydrogens is 470 g/mol. The van der Waals surface area contributed by atoms with Gasteiger partial charge in [-0.2, -0.15) is 4.31 Å². The van der Waals surface area contributed by atoms with Crippen LogP contribution in [0.4, 0.5) is 11.4 Å². The van der Waals surface area contributed by atoms with Gasteiger partial charge < -0.3 is 10.1 Å². The van der Waals surface area contributed by atoms with Crippen LogP contribution in [0.25, 0.3) is 0 Å². The molecule has 1 amide bonds. The molecule has 0 aromatic heterocycles. The van der Waals surface area contributed by atoms with Crippen molar-refractivity contribution in [2.45, 2.75) is 25.2 Å². The zero-order valence-corrected chi connectivity index (χ0v) is 20.5. The van der Waals surface area contributed by atoms with Crippen LogP contribution in [0.5, 0.6) is 5.75 Å². The smallest absolute Gasteiger partial charge is 0.271 e. The molecule has 0 saturated heterocycles. The molecule has 0 fully saturated rings. The summed E-state index contributed by atoms with van der Waals surface area (Å²) < 4.78 is 33.7. The highest BCUT2D eigenvalue weighted by atomic mass is 32.2. The van der Waals surface area contributed by atoms with Gasteiger partial charge in [-0.15, -0.1) is 0 Å². The number of nitro groups is 1. The van der Waals surface area contributed by atoms with Crippen LogP contribution < -0.4 is 10.1 Å². The van der Waals surface area contributed by atoms with Gasteiger partial charge in [0.1, 0.15) is 10.6 Å². The molecule has 0 saturated carbocycles. The lowest BCUT2D eigenvalue weighted by Gasteiger charge is -2.23. The zero-order chi connectivity index (χ0) is 25.6. The van der Waals surface area contributed by atoms with Gasteiger partial charge in [0.15, 0.2) is 0 Å². The number of benzene rings is 3. The summed E-state index contributed by atoms with van der Waals surface area (Å²) in [7, 11) is -2.73. The number of nitro benzene ring substituents is 1. The van der Waals surface area contributed by atoms with E-state index < -0.39 is 27.4 Å². The number of hydrogen-bond donors (Lipinski definition) is 1. The van der Waals surface area contributed by atoms with Gasteiger partial charge in [-0.05, 0) is 49.1 Å². The van der Waals surface area contributed by atoms with E-state index in [1.165, 1.54) is 31.4 Å². The van der Waals surface area contributed by atoms with E-state index in [1.807, 2.05) is 30.3 Å². The Labute approximate surface area is 204 Å². The predicted molar refractivity (Wildman–Crippen MR) is 133 cm³/mol. The minimum Gasteiger partial charge on any atom is -0.495 e. The SMILES string of the molecule is COc1ccc(C)cc1S(=O)(=O)N(CCc1ccccc1)CC(=O)Nc1cc([N+](=O)[O-])ccc1C. The fourth-order valence-corrected chi connectivity index (χ4v) is 5.15. The van der Waals surface area contributed by atoms with E-state index in [4.69, 9.17) is 4.74 Å². The Morgan fingerprint density at radius 2 is 1.77 bits per heavy atom. The molecule has 35 heavy (non-hydrogen) atoms. The molecule has 0 unspecified atom stereocenters. The van der Waals surface area contributed by atoms with Gasteiger partial charge in [-0.3, -0.25) is 14.9 Å². The lowest BCUT2D eigenvalue weighted by Crippen LogP contribution is -2.39. The summed E-state index contributed by atoms with van der Waals surface area (Å²) in [6.07, 6.45) is 0.386. The molecule has 0 aliphatic heterocycles. The summed E-state index contributed by atoms with van der Waals surface area (Å²) >= 11 is 0. The maximum absolute atomic E-state index is 13.7. The third-order valence-electron chi connectivity index (χ3n) is 5.46. The van der Waals surface area contributed by atoms with Crippen LogP contribution in [0.3, 0.4) is 0 Å². The van der Waals surface area contributed by atoms with Crippen molar-refractivity contribution in [3.63, 3.8) is 0 Å². The Hall–Kier alpha value is -3.76. The molecule has 184 valence electrons. The van der Waals surface area contributed by atoms with E-state index in [2.05, 4.69) is 5.32 Å². The Morgan fingerprint density at radius 1 is 1.06 bits per heavy atom. The minimum atomic E-state index is -4.12. The molecule has 3 aromatic carbocycles. The van der Waals surface area contributed by atoms with Crippen molar-refractivity contribution in [2.75, 3.05) is 25.5 Å². The van der Waals surface area contributed by atoms with E-state index in [9.17, 15) is 23.3 Å². The molecule has 0 aliphatic rings. The van der Waals surface area contributed by atoms with Crippen molar-refractivity contribution in [1.82, 2.24) is 4.31 Å². The highest BCUT2D eigenvalue weighted by Gasteiger charge is 2.30. The van der Waals surface area contributed by atoms with Crippen molar-refractivity contribution >= 4 is 27.3 Å². The van der Waals surface area contributed by atoms with Crippen LogP contribution in [0.1, 0.15) is 16.7 Å². The van der Waals surface area contributed by atoms with E-state index in [-0.39, 0.29) is 28.6 Å². The summed E-state index contributed by atoms with van der Waals surface area (Å²) in [5.74, 6) is -0.438. The number of hydrogen-bond acceptors (Lipinski definition) is 6. The van der Waals surface area contributed by atoms with E-state index in [0.717, 1.165) is 15.4 Å². The first-order valence-corrected chi connectivity index (χ1v) is 12.3. The summed E-state index contributed by atoms with van der Waals surface area (Å²) in [5.41, 5.74) is 2.33. The molecule has 0 aliphatic carbocycles. The number of anilines is 1. The number of methoxy groups -OCH3 is 1. The topological polar surface area (TPSA) is 119 Å². The van der Waals surface area contributed by atoms with Crippen LogP contribution in [-0.4, -0.2) is 43.8 Å². The van der Waals surface area contributed by atoms with Gasteiger partial charge in [0.25, 0.3) is 5.69 Å². The van der Waals surface area contributed by atoms with Gasteiger partial charge in [-0.25, -0.2) is 8.42 Å². The average Bonchev–Trinajstić information content (AvgIpc) is 2.83. The van der Waals surface area contributed by atoms with Crippen LogP contribution in [0.2, 0.25) is 0 Å². The molecular formula is C25H27N3O6S. The van der Waals surface area contributed by atoms with Crippen LogP contribution in [0, 0.1) is 24.0 Å². The Kier molecular flexibility index (Phi) is 8.21. The third-order valence-corrected chi connectivity index (χ3v) is 7.32. The van der Waals surface area contributed by atoms with Gasteiger partial charge in [0, 0.05) is 18.7 Å². The number of nitrogens with zero attached hydrogens (tertiary/aromatic N) is 2. The summed E-state index contributed by atoms with van der Waals surface area (Å²) in [4.78, 5) is 23.5. The summed E-state index contributed by atoms with van der Waals surface area (Å²) in [6.45, 7) is 3.03. The molecule has 0 radical (unpaired) electrons. The van der Waals surface area contributed by atoms with Crippen LogP contribution in [0.15, 0.2) is 71.6 Å². The number of aryl methyl sites for hydroxylation is 2.